The minimum Gasteiger partial charge on any atom is -0.314 e. The number of halogens is 1. The van der Waals surface area contributed by atoms with Gasteiger partial charge < -0.3 is 5.32 Å². The van der Waals surface area contributed by atoms with E-state index in [1.165, 1.54) is 0 Å². The average Bonchev–Trinajstić information content (AvgIpc) is 3.05. The molecule has 3 aromatic heterocycles. The van der Waals surface area contributed by atoms with Crippen LogP contribution in [-0.2, 0) is 5.67 Å². The lowest BCUT2D eigenvalue weighted by Crippen LogP contribution is -2.45. The highest BCUT2D eigenvalue weighted by Gasteiger charge is 2.39. The molecular formula is C20H28FN5. The molecule has 5 nitrogen and oxygen atoms in total. The Kier molecular flexibility index (Phi) is 4.44. The number of aromatic amines is 1. The standard InChI is InChI=1S/C20H24FN5.2H2/c1-13(2)11-14-12-20(21,8-10-22-14)17-7-3-6-16(24-17)18-15-5-4-9-23-19(15)26-25-18;;/h3-7,9,13-14,22H,8,10-12H2,1-2H3,(H,23,25,26);2*1H/t14-,20?;;/m1../s1. The minimum absolute atomic E-state index is 0. The van der Waals surface area contributed by atoms with Gasteiger partial charge in [0, 0.05) is 26.9 Å². The number of fused-ring (bicyclic) bond motifs is 1. The quantitative estimate of drug-likeness (QED) is 0.723. The number of hydrogen-bond donors (Lipinski definition) is 2. The zero-order valence-electron chi connectivity index (χ0n) is 15.2. The minimum atomic E-state index is -1.39. The maximum Gasteiger partial charge on any atom is 0.181 e. The molecule has 6 heteroatoms. The molecule has 0 radical (unpaired) electrons. The van der Waals surface area contributed by atoms with Crippen LogP contribution in [-0.4, -0.2) is 32.8 Å². The first-order chi connectivity index (χ1) is 12.5. The van der Waals surface area contributed by atoms with E-state index in [9.17, 15) is 0 Å². The van der Waals surface area contributed by atoms with Gasteiger partial charge in [0.05, 0.1) is 17.1 Å². The van der Waals surface area contributed by atoms with Crippen LogP contribution in [0.15, 0.2) is 36.5 Å². The predicted octanol–water partition coefficient (Wildman–Crippen LogP) is 4.47. The summed E-state index contributed by atoms with van der Waals surface area (Å²) in [5.74, 6) is 0.540. The van der Waals surface area contributed by atoms with Gasteiger partial charge in [0.25, 0.3) is 0 Å². The third-order valence-electron chi connectivity index (χ3n) is 5.07. The van der Waals surface area contributed by atoms with Crippen molar-refractivity contribution in [1.82, 2.24) is 25.5 Å². The molecule has 3 aromatic rings. The smallest absolute Gasteiger partial charge is 0.181 e. The van der Waals surface area contributed by atoms with E-state index < -0.39 is 5.67 Å². The molecule has 140 valence electrons. The van der Waals surface area contributed by atoms with E-state index in [0.717, 1.165) is 17.5 Å². The van der Waals surface area contributed by atoms with Crippen molar-refractivity contribution in [3.63, 3.8) is 0 Å². The van der Waals surface area contributed by atoms with Crippen molar-refractivity contribution >= 4 is 11.0 Å². The number of alkyl halides is 1. The maximum absolute atomic E-state index is 15.8. The molecule has 0 aromatic carbocycles. The summed E-state index contributed by atoms with van der Waals surface area (Å²) in [7, 11) is 0. The van der Waals surface area contributed by atoms with Crippen LogP contribution in [0.25, 0.3) is 22.4 Å². The van der Waals surface area contributed by atoms with Crippen molar-refractivity contribution in [1.29, 1.82) is 0 Å². The molecule has 0 bridgehead atoms. The Balaban J connectivity index is 0.00000140. The molecule has 1 fully saturated rings. The van der Waals surface area contributed by atoms with E-state index in [-0.39, 0.29) is 8.90 Å². The summed E-state index contributed by atoms with van der Waals surface area (Å²) in [4.78, 5) is 8.91. The van der Waals surface area contributed by atoms with Crippen LogP contribution in [0.2, 0.25) is 0 Å². The van der Waals surface area contributed by atoms with Gasteiger partial charge in [0.1, 0.15) is 0 Å². The van der Waals surface area contributed by atoms with Gasteiger partial charge in [-0.3, -0.25) is 5.10 Å². The molecule has 1 unspecified atom stereocenters. The Morgan fingerprint density at radius 3 is 3.04 bits per heavy atom. The van der Waals surface area contributed by atoms with Crippen molar-refractivity contribution in [3.05, 3.63) is 42.2 Å². The Hall–Kier alpha value is -2.34. The molecular weight excluding hydrogens is 329 g/mol. The van der Waals surface area contributed by atoms with Crippen LogP contribution >= 0.6 is 0 Å². The Bertz CT molecular complexity index is 916. The largest absolute Gasteiger partial charge is 0.314 e. The van der Waals surface area contributed by atoms with Gasteiger partial charge in [-0.1, -0.05) is 19.9 Å². The maximum atomic E-state index is 15.8. The third kappa shape index (κ3) is 3.21. The van der Waals surface area contributed by atoms with Crippen LogP contribution < -0.4 is 5.32 Å². The highest BCUT2D eigenvalue weighted by Crippen LogP contribution is 2.38. The van der Waals surface area contributed by atoms with Crippen molar-refractivity contribution in [2.75, 3.05) is 6.54 Å². The molecule has 1 aliphatic heterocycles. The number of nitrogens with one attached hydrogen (secondary N) is 2. The van der Waals surface area contributed by atoms with Gasteiger partial charge in [0.15, 0.2) is 11.3 Å². The van der Waals surface area contributed by atoms with Crippen molar-refractivity contribution in [3.8, 4) is 11.4 Å². The third-order valence-corrected chi connectivity index (χ3v) is 5.07. The van der Waals surface area contributed by atoms with E-state index in [1.807, 2.05) is 24.3 Å². The van der Waals surface area contributed by atoms with Crippen LogP contribution in [0.3, 0.4) is 0 Å². The predicted molar refractivity (Wildman–Crippen MR) is 105 cm³/mol. The zero-order valence-corrected chi connectivity index (χ0v) is 15.2. The fraction of sp³-hybridized carbons (Fsp3) is 0.450. The van der Waals surface area contributed by atoms with Gasteiger partial charge in [-0.25, -0.2) is 14.4 Å². The first-order valence-electron chi connectivity index (χ1n) is 9.24. The monoisotopic (exact) mass is 357 g/mol. The fourth-order valence-corrected chi connectivity index (χ4v) is 3.88. The number of pyridine rings is 2. The lowest BCUT2D eigenvalue weighted by molar-refractivity contribution is 0.0803. The number of hydrogen-bond acceptors (Lipinski definition) is 4. The molecule has 26 heavy (non-hydrogen) atoms. The van der Waals surface area contributed by atoms with Gasteiger partial charge in [-0.05, 0) is 49.6 Å². The lowest BCUT2D eigenvalue weighted by atomic mass is 9.83. The highest BCUT2D eigenvalue weighted by molar-refractivity contribution is 5.89. The molecule has 2 atom stereocenters. The van der Waals surface area contributed by atoms with Gasteiger partial charge >= 0.3 is 0 Å². The van der Waals surface area contributed by atoms with Crippen molar-refractivity contribution in [2.24, 2.45) is 5.92 Å². The van der Waals surface area contributed by atoms with Gasteiger partial charge in [-0.2, -0.15) is 5.10 Å². The van der Waals surface area contributed by atoms with E-state index in [2.05, 4.69) is 39.3 Å². The highest BCUT2D eigenvalue weighted by atomic mass is 19.1. The van der Waals surface area contributed by atoms with E-state index in [4.69, 9.17) is 0 Å². The summed E-state index contributed by atoms with van der Waals surface area (Å²) in [6.45, 7) is 5.02. The summed E-state index contributed by atoms with van der Waals surface area (Å²) >= 11 is 0. The second kappa shape index (κ2) is 6.76. The fourth-order valence-electron chi connectivity index (χ4n) is 3.88. The summed E-state index contributed by atoms with van der Waals surface area (Å²) in [6, 6.07) is 9.57. The number of aromatic nitrogens is 4. The molecule has 0 aliphatic carbocycles. The van der Waals surface area contributed by atoms with Crippen LogP contribution in [0.5, 0.6) is 0 Å². The summed E-state index contributed by atoms with van der Waals surface area (Å²) in [6.07, 6.45) is 3.59. The summed E-state index contributed by atoms with van der Waals surface area (Å²) in [5.41, 5.74) is 1.25. The summed E-state index contributed by atoms with van der Waals surface area (Å²) < 4.78 is 15.8. The van der Waals surface area contributed by atoms with Gasteiger partial charge in [-0.15, -0.1) is 0 Å². The zero-order chi connectivity index (χ0) is 18.1. The van der Waals surface area contributed by atoms with Crippen LogP contribution in [0, 0.1) is 5.92 Å². The first-order valence-corrected chi connectivity index (χ1v) is 9.24. The topological polar surface area (TPSA) is 66.5 Å². The molecule has 4 heterocycles. The second-order valence-electron chi connectivity index (χ2n) is 7.58. The molecule has 0 spiro atoms. The van der Waals surface area contributed by atoms with Crippen molar-refractivity contribution < 1.29 is 7.24 Å². The Labute approximate surface area is 155 Å². The molecule has 2 N–H and O–H groups in total. The number of nitrogens with zero attached hydrogens (tertiary/aromatic N) is 3. The van der Waals surface area contributed by atoms with Crippen LogP contribution in [0.4, 0.5) is 4.39 Å². The molecule has 1 aliphatic rings. The average molecular weight is 357 g/mol. The molecule has 1 saturated heterocycles. The first kappa shape index (κ1) is 17.1. The Morgan fingerprint density at radius 2 is 2.19 bits per heavy atom. The number of piperidine rings is 1. The molecule has 4 rings (SSSR count). The lowest BCUT2D eigenvalue weighted by Gasteiger charge is -2.36. The number of rotatable bonds is 4. The summed E-state index contributed by atoms with van der Waals surface area (Å²) in [5, 5.41) is 11.6. The van der Waals surface area contributed by atoms with Gasteiger partial charge in [0.2, 0.25) is 0 Å². The van der Waals surface area contributed by atoms with Crippen molar-refractivity contribution in [2.45, 2.75) is 44.8 Å². The number of H-pyrrole nitrogens is 1. The van der Waals surface area contributed by atoms with E-state index >= 15 is 4.39 Å². The SMILES string of the molecule is CC(C)C[C@@H]1CC(F)(c2cccc(-c3[nH]nc4ncccc34)n2)CCN1.[HH].[HH]. The van der Waals surface area contributed by atoms with E-state index in [1.54, 1.807) is 12.3 Å². The molecule has 0 amide bonds. The Morgan fingerprint density at radius 1 is 1.31 bits per heavy atom. The van der Waals surface area contributed by atoms with Crippen LogP contribution in [0.1, 0.15) is 41.7 Å². The normalized spacial score (nSPS) is 23.6. The second-order valence-corrected chi connectivity index (χ2v) is 7.58. The van der Waals surface area contributed by atoms with E-state index in [0.29, 0.717) is 42.3 Å². The molecule has 0 saturated carbocycles.